The van der Waals surface area contributed by atoms with Gasteiger partial charge in [-0.05, 0) is 31.2 Å². The molecule has 1 saturated heterocycles. The van der Waals surface area contributed by atoms with Crippen molar-refractivity contribution in [1.82, 2.24) is 9.62 Å². The lowest BCUT2D eigenvalue weighted by molar-refractivity contribution is 0.0600. The first-order chi connectivity index (χ1) is 9.46. The SMILES string of the molecule is COC(=O)c1cccc(S(=O)(=O)N(C)C2CCNC2)c1.Cl. The van der Waals surface area contributed by atoms with Crippen molar-refractivity contribution in [3.8, 4) is 0 Å². The summed E-state index contributed by atoms with van der Waals surface area (Å²) in [5, 5.41) is 3.14. The molecule has 0 bridgehead atoms. The van der Waals surface area contributed by atoms with Crippen LogP contribution in [0.5, 0.6) is 0 Å². The third-order valence-electron chi connectivity index (χ3n) is 3.48. The van der Waals surface area contributed by atoms with Gasteiger partial charge in [0.15, 0.2) is 0 Å². The van der Waals surface area contributed by atoms with Crippen molar-refractivity contribution in [2.75, 3.05) is 27.2 Å². The van der Waals surface area contributed by atoms with Crippen LogP contribution >= 0.6 is 12.4 Å². The van der Waals surface area contributed by atoms with Gasteiger partial charge in [-0.15, -0.1) is 12.4 Å². The highest BCUT2D eigenvalue weighted by Gasteiger charge is 2.30. The smallest absolute Gasteiger partial charge is 0.337 e. The van der Waals surface area contributed by atoms with E-state index in [-0.39, 0.29) is 28.9 Å². The van der Waals surface area contributed by atoms with Crippen LogP contribution in [0, 0.1) is 0 Å². The van der Waals surface area contributed by atoms with Crippen LogP contribution in [-0.2, 0) is 14.8 Å². The minimum absolute atomic E-state index is 0. The van der Waals surface area contributed by atoms with Crippen LogP contribution < -0.4 is 5.32 Å². The summed E-state index contributed by atoms with van der Waals surface area (Å²) in [7, 11) is -0.770. The first kappa shape index (κ1) is 17.9. The molecular weight excluding hydrogens is 316 g/mol. The van der Waals surface area contributed by atoms with Gasteiger partial charge in [0.05, 0.1) is 17.6 Å². The number of nitrogens with one attached hydrogen (secondary N) is 1. The number of benzene rings is 1. The van der Waals surface area contributed by atoms with E-state index in [2.05, 4.69) is 10.1 Å². The second kappa shape index (κ2) is 7.22. The Bertz CT molecular complexity index is 600. The number of likely N-dealkylation sites (N-methyl/N-ethyl adjacent to an activating group) is 1. The molecule has 1 N–H and O–H groups in total. The van der Waals surface area contributed by atoms with Crippen molar-refractivity contribution in [3.63, 3.8) is 0 Å². The number of hydrogen-bond acceptors (Lipinski definition) is 5. The quantitative estimate of drug-likeness (QED) is 0.827. The second-order valence-electron chi connectivity index (χ2n) is 4.69. The Kier molecular flexibility index (Phi) is 6.15. The van der Waals surface area contributed by atoms with Gasteiger partial charge in [0.25, 0.3) is 0 Å². The molecule has 1 aromatic carbocycles. The summed E-state index contributed by atoms with van der Waals surface area (Å²) in [5.74, 6) is -0.549. The molecule has 1 unspecified atom stereocenters. The third-order valence-corrected chi connectivity index (χ3v) is 5.39. The Balaban J connectivity index is 0.00000220. The van der Waals surface area contributed by atoms with Crippen molar-refractivity contribution in [2.45, 2.75) is 17.4 Å². The van der Waals surface area contributed by atoms with E-state index in [4.69, 9.17) is 0 Å². The molecule has 1 aromatic rings. The summed E-state index contributed by atoms with van der Waals surface area (Å²) in [6.07, 6.45) is 0.784. The van der Waals surface area contributed by atoms with E-state index in [0.29, 0.717) is 6.54 Å². The van der Waals surface area contributed by atoms with Crippen molar-refractivity contribution in [1.29, 1.82) is 0 Å². The second-order valence-corrected chi connectivity index (χ2v) is 6.68. The van der Waals surface area contributed by atoms with Crippen LogP contribution in [0.2, 0.25) is 0 Å². The average Bonchev–Trinajstić information content (AvgIpc) is 2.99. The maximum absolute atomic E-state index is 12.5. The molecule has 0 saturated carbocycles. The fraction of sp³-hybridized carbons (Fsp3) is 0.462. The van der Waals surface area contributed by atoms with Crippen LogP contribution in [0.15, 0.2) is 29.2 Å². The van der Waals surface area contributed by atoms with Crippen LogP contribution in [0.3, 0.4) is 0 Å². The number of ether oxygens (including phenoxy) is 1. The zero-order valence-corrected chi connectivity index (χ0v) is 13.5. The molecule has 2 rings (SSSR count). The normalized spacial score (nSPS) is 18.3. The molecule has 6 nitrogen and oxygen atoms in total. The number of hydrogen-bond donors (Lipinski definition) is 1. The number of sulfonamides is 1. The largest absolute Gasteiger partial charge is 0.465 e. The highest BCUT2D eigenvalue weighted by Crippen LogP contribution is 2.20. The number of carbonyl (C=O) groups excluding carboxylic acids is 1. The fourth-order valence-corrected chi connectivity index (χ4v) is 3.65. The molecule has 8 heteroatoms. The Morgan fingerprint density at radius 3 is 2.71 bits per heavy atom. The van der Waals surface area contributed by atoms with Gasteiger partial charge in [0.1, 0.15) is 0 Å². The Morgan fingerprint density at radius 2 is 2.14 bits per heavy atom. The Morgan fingerprint density at radius 1 is 1.43 bits per heavy atom. The van der Waals surface area contributed by atoms with E-state index in [0.717, 1.165) is 13.0 Å². The molecule has 0 amide bonds. The highest BCUT2D eigenvalue weighted by molar-refractivity contribution is 7.89. The van der Waals surface area contributed by atoms with Crippen LogP contribution in [0.4, 0.5) is 0 Å². The van der Waals surface area contributed by atoms with Gasteiger partial charge >= 0.3 is 5.97 Å². The summed E-state index contributed by atoms with van der Waals surface area (Å²) in [4.78, 5) is 11.6. The standard InChI is InChI=1S/C13H18N2O4S.ClH/c1-15(11-6-7-14-9-11)20(17,18)12-5-3-4-10(8-12)13(16)19-2;/h3-5,8,11,14H,6-7,9H2,1-2H3;1H. The Hall–Kier alpha value is -1.15. The maximum atomic E-state index is 12.5. The summed E-state index contributed by atoms with van der Waals surface area (Å²) in [6, 6.07) is 5.85. The fourth-order valence-electron chi connectivity index (χ4n) is 2.21. The average molecular weight is 335 g/mol. The van der Waals surface area contributed by atoms with Gasteiger partial charge in [-0.3, -0.25) is 0 Å². The maximum Gasteiger partial charge on any atom is 0.337 e. The molecule has 0 radical (unpaired) electrons. The molecule has 1 aliphatic rings. The summed E-state index contributed by atoms with van der Waals surface area (Å²) in [6.45, 7) is 1.46. The lowest BCUT2D eigenvalue weighted by Gasteiger charge is -2.23. The van der Waals surface area contributed by atoms with E-state index in [1.165, 1.54) is 29.6 Å². The molecule has 0 spiro atoms. The lowest BCUT2D eigenvalue weighted by Crippen LogP contribution is -2.38. The molecule has 21 heavy (non-hydrogen) atoms. The van der Waals surface area contributed by atoms with Gasteiger partial charge in [-0.2, -0.15) is 4.31 Å². The van der Waals surface area contributed by atoms with E-state index < -0.39 is 16.0 Å². The summed E-state index contributed by atoms with van der Waals surface area (Å²) in [5.41, 5.74) is 0.228. The predicted molar refractivity (Wildman–Crippen MR) is 81.3 cm³/mol. The molecule has 0 aliphatic carbocycles. The van der Waals surface area contributed by atoms with E-state index in [1.807, 2.05) is 0 Å². The third kappa shape index (κ3) is 3.74. The zero-order chi connectivity index (χ0) is 14.8. The molecule has 0 aromatic heterocycles. The molecule has 1 fully saturated rings. The first-order valence-electron chi connectivity index (χ1n) is 6.34. The van der Waals surface area contributed by atoms with Crippen molar-refractivity contribution in [2.24, 2.45) is 0 Å². The predicted octanol–water partition coefficient (Wildman–Crippen LogP) is 0.877. The van der Waals surface area contributed by atoms with Crippen molar-refractivity contribution in [3.05, 3.63) is 29.8 Å². The topological polar surface area (TPSA) is 75.7 Å². The lowest BCUT2D eigenvalue weighted by atomic mass is 10.2. The molecule has 1 atom stereocenters. The summed E-state index contributed by atoms with van der Waals surface area (Å²) < 4.78 is 31.0. The number of esters is 1. The minimum Gasteiger partial charge on any atom is -0.465 e. The van der Waals surface area contributed by atoms with Gasteiger partial charge in [-0.1, -0.05) is 6.07 Å². The molecule has 118 valence electrons. The Labute approximate surface area is 130 Å². The van der Waals surface area contributed by atoms with E-state index in [1.54, 1.807) is 13.1 Å². The van der Waals surface area contributed by atoms with Crippen molar-refractivity contribution < 1.29 is 17.9 Å². The molecular formula is C13H19ClN2O4S. The number of rotatable bonds is 4. The molecule has 1 heterocycles. The summed E-state index contributed by atoms with van der Waals surface area (Å²) >= 11 is 0. The number of methoxy groups -OCH3 is 1. The molecule has 1 aliphatic heterocycles. The highest BCUT2D eigenvalue weighted by atomic mass is 35.5. The number of carbonyl (C=O) groups is 1. The van der Waals surface area contributed by atoms with E-state index >= 15 is 0 Å². The number of nitrogens with zero attached hydrogens (tertiary/aromatic N) is 1. The van der Waals surface area contributed by atoms with Crippen LogP contribution in [0.1, 0.15) is 16.8 Å². The van der Waals surface area contributed by atoms with Gasteiger partial charge < -0.3 is 10.1 Å². The van der Waals surface area contributed by atoms with Crippen LogP contribution in [0.25, 0.3) is 0 Å². The van der Waals surface area contributed by atoms with Gasteiger partial charge in [-0.25, -0.2) is 13.2 Å². The zero-order valence-electron chi connectivity index (χ0n) is 11.9. The van der Waals surface area contributed by atoms with Gasteiger partial charge in [0, 0.05) is 19.6 Å². The van der Waals surface area contributed by atoms with Crippen molar-refractivity contribution >= 4 is 28.4 Å². The monoisotopic (exact) mass is 334 g/mol. The van der Waals surface area contributed by atoms with Crippen LogP contribution in [-0.4, -0.2) is 52.0 Å². The van der Waals surface area contributed by atoms with Gasteiger partial charge in [0.2, 0.25) is 10.0 Å². The van der Waals surface area contributed by atoms with E-state index in [9.17, 15) is 13.2 Å². The number of halogens is 1. The first-order valence-corrected chi connectivity index (χ1v) is 7.78. The minimum atomic E-state index is -3.60.